The minimum absolute atomic E-state index is 0.160. The van der Waals surface area contributed by atoms with Crippen LogP contribution < -0.4 is 10.4 Å². The molecule has 0 aromatic carbocycles. The first kappa shape index (κ1) is 13.1. The summed E-state index contributed by atoms with van der Waals surface area (Å²) >= 11 is 0. The zero-order valence-corrected chi connectivity index (χ0v) is 11.5. The number of aromatic nitrogens is 2. The summed E-state index contributed by atoms with van der Waals surface area (Å²) in [5.41, 5.74) is 4.68. The summed E-state index contributed by atoms with van der Waals surface area (Å²) in [7, 11) is 0. The van der Waals surface area contributed by atoms with Crippen molar-refractivity contribution in [1.29, 1.82) is 5.26 Å². The number of nitrogens with zero attached hydrogens (tertiary/aromatic N) is 4. The number of furan rings is 1. The summed E-state index contributed by atoms with van der Waals surface area (Å²) in [6, 6.07) is 6.71. The van der Waals surface area contributed by atoms with Crippen molar-refractivity contribution in [2.24, 2.45) is 0 Å². The molecule has 1 atom stereocenters. The number of nitriles is 1. The van der Waals surface area contributed by atoms with E-state index in [4.69, 9.17) is 4.42 Å². The topological polar surface area (TPSA) is 98.2 Å². The van der Waals surface area contributed by atoms with Gasteiger partial charge in [-0.1, -0.05) is 0 Å². The number of rotatable bonds is 2. The number of aliphatic hydroxyl groups excluding tert-OH is 1. The lowest BCUT2D eigenvalue weighted by atomic mass is 10.1. The lowest BCUT2D eigenvalue weighted by Crippen LogP contribution is -2.35. The van der Waals surface area contributed by atoms with Crippen LogP contribution in [0.25, 0.3) is 0 Å². The molecule has 1 unspecified atom stereocenters. The number of anilines is 1. The molecule has 0 saturated heterocycles. The van der Waals surface area contributed by atoms with Gasteiger partial charge in [-0.3, -0.25) is 0 Å². The number of hydrogen-bond donors (Lipinski definition) is 2. The van der Waals surface area contributed by atoms with E-state index in [9.17, 15) is 10.4 Å². The highest BCUT2D eigenvalue weighted by molar-refractivity contribution is 5.49. The maximum Gasteiger partial charge on any atom is 0.247 e. The third-order valence-electron chi connectivity index (χ3n) is 3.12. The van der Waals surface area contributed by atoms with E-state index in [0.29, 0.717) is 5.76 Å². The molecule has 2 aromatic heterocycles. The lowest BCUT2D eigenvalue weighted by Gasteiger charge is -2.18. The van der Waals surface area contributed by atoms with Gasteiger partial charge in [-0.15, -0.1) is 0 Å². The molecule has 3 rings (SSSR count). The van der Waals surface area contributed by atoms with Gasteiger partial charge in [0.05, 0.1) is 6.26 Å². The molecular weight excluding hydrogens is 270 g/mol. The van der Waals surface area contributed by atoms with Gasteiger partial charge in [0.15, 0.2) is 0 Å². The first-order valence-electron chi connectivity index (χ1n) is 6.35. The molecule has 3 heterocycles. The molecule has 7 heteroatoms. The van der Waals surface area contributed by atoms with Crippen molar-refractivity contribution >= 4 is 5.95 Å². The number of hydrazine groups is 1. The molecular formula is C14H13N5O2. The molecule has 0 saturated carbocycles. The predicted octanol–water partition coefficient (Wildman–Crippen LogP) is 2.05. The van der Waals surface area contributed by atoms with Crippen molar-refractivity contribution in [2.75, 3.05) is 5.01 Å². The van der Waals surface area contributed by atoms with Gasteiger partial charge in [-0.25, -0.2) is 20.4 Å². The third kappa shape index (κ3) is 2.22. The summed E-state index contributed by atoms with van der Waals surface area (Å²) in [4.78, 5) is 8.54. The highest BCUT2D eigenvalue weighted by Gasteiger charge is 2.36. The van der Waals surface area contributed by atoms with Gasteiger partial charge >= 0.3 is 0 Å². The number of aryl methyl sites for hydroxylation is 2. The molecule has 7 nitrogen and oxygen atoms in total. The maximum absolute atomic E-state index is 10.3. The van der Waals surface area contributed by atoms with Gasteiger partial charge < -0.3 is 9.52 Å². The Hall–Kier alpha value is -2.85. The maximum atomic E-state index is 10.3. The van der Waals surface area contributed by atoms with E-state index < -0.39 is 6.04 Å². The Balaban J connectivity index is 2.02. The summed E-state index contributed by atoms with van der Waals surface area (Å²) in [5.74, 6) is 0.598. The van der Waals surface area contributed by atoms with Crippen LogP contribution in [-0.4, -0.2) is 15.1 Å². The fraction of sp³-hybridized carbons (Fsp3) is 0.214. The summed E-state index contributed by atoms with van der Waals surface area (Å²) in [6.45, 7) is 3.68. The van der Waals surface area contributed by atoms with Gasteiger partial charge in [0, 0.05) is 11.4 Å². The van der Waals surface area contributed by atoms with Crippen LogP contribution in [0.5, 0.6) is 0 Å². The Labute approximate surface area is 121 Å². The van der Waals surface area contributed by atoms with E-state index in [1.807, 2.05) is 26.0 Å². The molecule has 2 aromatic rings. The minimum Gasteiger partial charge on any atom is -0.493 e. The fourth-order valence-corrected chi connectivity index (χ4v) is 2.24. The van der Waals surface area contributed by atoms with E-state index >= 15 is 0 Å². The van der Waals surface area contributed by atoms with Crippen molar-refractivity contribution in [2.45, 2.75) is 19.9 Å². The second kappa shape index (κ2) is 4.92. The third-order valence-corrected chi connectivity index (χ3v) is 3.12. The monoisotopic (exact) mass is 283 g/mol. The molecule has 0 fully saturated rings. The summed E-state index contributed by atoms with van der Waals surface area (Å²) < 4.78 is 5.30. The molecule has 21 heavy (non-hydrogen) atoms. The Kier molecular flexibility index (Phi) is 3.08. The Bertz CT molecular complexity index is 725. The van der Waals surface area contributed by atoms with Gasteiger partial charge in [-0.2, -0.15) is 5.26 Å². The standard InChI is InChI=1S/C14H13N5O2/c1-8-6-9(2)17-14(16-8)19-13(20)10(7-15)12(18-19)11-4-3-5-21-11/h3-6,12,18,20H,1-2H3. The first-order chi connectivity index (χ1) is 10.1. The molecule has 0 spiro atoms. The quantitative estimate of drug-likeness (QED) is 0.870. The highest BCUT2D eigenvalue weighted by Crippen LogP contribution is 2.32. The van der Waals surface area contributed by atoms with Crippen molar-refractivity contribution in [3.05, 3.63) is 53.1 Å². The van der Waals surface area contributed by atoms with Crippen molar-refractivity contribution < 1.29 is 9.52 Å². The molecule has 106 valence electrons. The number of hydrogen-bond acceptors (Lipinski definition) is 7. The molecule has 0 radical (unpaired) electrons. The second-order valence-electron chi connectivity index (χ2n) is 4.71. The highest BCUT2D eigenvalue weighted by atomic mass is 16.3. The first-order valence-corrected chi connectivity index (χ1v) is 6.35. The lowest BCUT2D eigenvalue weighted by molar-refractivity contribution is 0.383. The summed E-state index contributed by atoms with van der Waals surface area (Å²) in [5, 5.41) is 20.8. The summed E-state index contributed by atoms with van der Waals surface area (Å²) in [6.07, 6.45) is 1.51. The van der Waals surface area contributed by atoms with Crippen LogP contribution in [0.15, 0.2) is 40.3 Å². The Morgan fingerprint density at radius 1 is 1.38 bits per heavy atom. The fourth-order valence-electron chi connectivity index (χ4n) is 2.24. The van der Waals surface area contributed by atoms with E-state index in [0.717, 1.165) is 11.4 Å². The smallest absolute Gasteiger partial charge is 0.247 e. The van der Waals surface area contributed by atoms with Crippen molar-refractivity contribution in [3.63, 3.8) is 0 Å². The van der Waals surface area contributed by atoms with Gasteiger partial charge in [0.25, 0.3) is 0 Å². The average Bonchev–Trinajstić information content (AvgIpc) is 3.04. The largest absolute Gasteiger partial charge is 0.493 e. The normalized spacial score (nSPS) is 18.1. The molecule has 0 aliphatic carbocycles. The predicted molar refractivity (Wildman–Crippen MR) is 73.8 cm³/mol. The average molecular weight is 283 g/mol. The van der Waals surface area contributed by atoms with Crippen LogP contribution in [-0.2, 0) is 0 Å². The van der Waals surface area contributed by atoms with Crippen molar-refractivity contribution in [3.8, 4) is 6.07 Å². The molecule has 0 amide bonds. The van der Waals surface area contributed by atoms with Crippen LogP contribution in [0.4, 0.5) is 5.95 Å². The zero-order chi connectivity index (χ0) is 15.0. The van der Waals surface area contributed by atoms with Gasteiger partial charge in [0.2, 0.25) is 11.8 Å². The van der Waals surface area contributed by atoms with Crippen molar-refractivity contribution in [1.82, 2.24) is 15.4 Å². The SMILES string of the molecule is Cc1cc(C)nc(N2NC(c3ccco3)C(C#N)=C2O)n1. The van der Waals surface area contributed by atoms with Crippen LogP contribution in [0.1, 0.15) is 23.2 Å². The van der Waals surface area contributed by atoms with Gasteiger partial charge in [-0.05, 0) is 32.0 Å². The second-order valence-corrected chi connectivity index (χ2v) is 4.71. The zero-order valence-electron chi connectivity index (χ0n) is 11.5. The van der Waals surface area contributed by atoms with Crippen LogP contribution >= 0.6 is 0 Å². The minimum atomic E-state index is -0.561. The van der Waals surface area contributed by atoms with Crippen LogP contribution in [0.3, 0.4) is 0 Å². The molecule has 0 bridgehead atoms. The number of aliphatic hydroxyl groups is 1. The molecule has 1 aliphatic heterocycles. The van der Waals surface area contributed by atoms with Crippen LogP contribution in [0.2, 0.25) is 0 Å². The van der Waals surface area contributed by atoms with Gasteiger partial charge in [0.1, 0.15) is 23.4 Å². The van der Waals surface area contributed by atoms with E-state index in [1.54, 1.807) is 12.1 Å². The van der Waals surface area contributed by atoms with E-state index in [-0.39, 0.29) is 17.4 Å². The Morgan fingerprint density at radius 3 is 2.67 bits per heavy atom. The van der Waals surface area contributed by atoms with E-state index in [2.05, 4.69) is 15.4 Å². The Morgan fingerprint density at radius 2 is 2.10 bits per heavy atom. The van der Waals surface area contributed by atoms with Crippen LogP contribution in [0, 0.1) is 25.2 Å². The van der Waals surface area contributed by atoms with E-state index in [1.165, 1.54) is 11.3 Å². The molecule has 1 aliphatic rings. The molecule has 2 N–H and O–H groups in total. The number of nitrogens with one attached hydrogen (secondary N) is 1.